The van der Waals surface area contributed by atoms with Gasteiger partial charge in [-0.1, -0.05) is 24.3 Å². The van der Waals surface area contributed by atoms with Crippen molar-refractivity contribution >= 4 is 22.9 Å². The summed E-state index contributed by atoms with van der Waals surface area (Å²) in [6.07, 6.45) is 5.22. The van der Waals surface area contributed by atoms with Crippen LogP contribution in [0.15, 0.2) is 53.9 Å². The molecule has 0 spiro atoms. The number of aryl methyl sites for hydroxylation is 2. The lowest BCUT2D eigenvalue weighted by Gasteiger charge is -2.07. The van der Waals surface area contributed by atoms with E-state index in [1.807, 2.05) is 18.2 Å². The van der Waals surface area contributed by atoms with Gasteiger partial charge in [0.05, 0.1) is 11.7 Å². The molecule has 4 heteroatoms. The van der Waals surface area contributed by atoms with E-state index in [9.17, 15) is 0 Å². The Balaban J connectivity index is 1.88. The maximum Gasteiger partial charge on any atom is 0.147 e. The molecule has 0 saturated carbocycles. The summed E-state index contributed by atoms with van der Waals surface area (Å²) >= 11 is 0. The van der Waals surface area contributed by atoms with Crippen molar-refractivity contribution < 1.29 is 0 Å². The molecule has 104 valence electrons. The molecule has 4 nitrogen and oxygen atoms in total. The number of rotatable bonds is 3. The Morgan fingerprint density at radius 2 is 2.00 bits per heavy atom. The van der Waals surface area contributed by atoms with E-state index in [-0.39, 0.29) is 0 Å². The zero-order valence-electron chi connectivity index (χ0n) is 12.0. The lowest BCUT2D eigenvalue weighted by molar-refractivity contribution is 1.24. The summed E-state index contributed by atoms with van der Waals surface area (Å²) < 4.78 is 0. The fraction of sp³-hybridized carbons (Fsp3) is 0.118. The zero-order chi connectivity index (χ0) is 14.7. The number of benzene rings is 1. The predicted molar refractivity (Wildman–Crippen MR) is 86.7 cm³/mol. The van der Waals surface area contributed by atoms with Crippen LogP contribution in [0.5, 0.6) is 0 Å². The van der Waals surface area contributed by atoms with Crippen molar-refractivity contribution in [2.75, 3.05) is 5.43 Å². The molecule has 0 aliphatic rings. The minimum absolute atomic E-state index is 0.745. The van der Waals surface area contributed by atoms with Gasteiger partial charge in [0.15, 0.2) is 0 Å². The van der Waals surface area contributed by atoms with Gasteiger partial charge in [-0.05, 0) is 37.1 Å². The summed E-state index contributed by atoms with van der Waals surface area (Å²) in [4.78, 5) is 8.67. The van der Waals surface area contributed by atoms with Crippen LogP contribution in [0.2, 0.25) is 0 Å². The number of anilines is 1. The van der Waals surface area contributed by atoms with Crippen LogP contribution < -0.4 is 5.43 Å². The third-order valence-electron chi connectivity index (χ3n) is 3.33. The molecule has 0 aliphatic heterocycles. The number of pyridine rings is 2. The highest BCUT2D eigenvalue weighted by atomic mass is 15.3. The first-order valence-electron chi connectivity index (χ1n) is 6.80. The molecule has 0 radical (unpaired) electrons. The van der Waals surface area contributed by atoms with Crippen LogP contribution in [0.3, 0.4) is 0 Å². The van der Waals surface area contributed by atoms with Gasteiger partial charge in [-0.15, -0.1) is 0 Å². The van der Waals surface area contributed by atoms with Gasteiger partial charge in [-0.25, -0.2) is 4.98 Å². The highest BCUT2D eigenvalue weighted by Crippen LogP contribution is 2.22. The van der Waals surface area contributed by atoms with Crippen LogP contribution in [0.1, 0.15) is 16.7 Å². The highest BCUT2D eigenvalue weighted by Gasteiger charge is 2.04. The number of nitrogens with zero attached hydrogens (tertiary/aromatic N) is 3. The molecule has 0 unspecified atom stereocenters. The minimum atomic E-state index is 0.745. The standard InChI is InChI=1S/C17H16N4/c1-12-5-3-7-15-13(2)9-16(20-17(12)15)21-19-11-14-6-4-8-18-10-14/h3-11H,1-2H3,(H,20,21)/b19-11-. The van der Waals surface area contributed by atoms with E-state index < -0.39 is 0 Å². The van der Waals surface area contributed by atoms with E-state index in [1.54, 1.807) is 18.6 Å². The van der Waals surface area contributed by atoms with Crippen molar-refractivity contribution in [3.05, 3.63) is 65.5 Å². The predicted octanol–water partition coefficient (Wildman–Crippen LogP) is 3.69. The molecule has 0 amide bonds. The van der Waals surface area contributed by atoms with Crippen molar-refractivity contribution in [1.29, 1.82) is 0 Å². The summed E-state index contributed by atoms with van der Waals surface area (Å²) in [5, 5.41) is 5.39. The number of hydrogen-bond acceptors (Lipinski definition) is 4. The maximum absolute atomic E-state index is 4.63. The third-order valence-corrected chi connectivity index (χ3v) is 3.33. The second-order valence-electron chi connectivity index (χ2n) is 4.95. The van der Waals surface area contributed by atoms with Gasteiger partial charge in [0, 0.05) is 23.3 Å². The minimum Gasteiger partial charge on any atom is -0.264 e. The van der Waals surface area contributed by atoms with E-state index in [1.165, 1.54) is 10.9 Å². The molecule has 0 fully saturated rings. The third kappa shape index (κ3) is 2.89. The summed E-state index contributed by atoms with van der Waals surface area (Å²) in [6.45, 7) is 4.15. The average Bonchev–Trinajstić information content (AvgIpc) is 2.50. The molecule has 3 aromatic rings. The second-order valence-corrected chi connectivity index (χ2v) is 4.95. The lowest BCUT2D eigenvalue weighted by atomic mass is 10.1. The molecule has 0 saturated heterocycles. The average molecular weight is 276 g/mol. The Kier molecular flexibility index (Phi) is 3.60. The second kappa shape index (κ2) is 5.71. The van der Waals surface area contributed by atoms with Crippen LogP contribution in [0.4, 0.5) is 5.82 Å². The molecule has 1 aromatic carbocycles. The molecule has 2 aromatic heterocycles. The number of nitrogens with one attached hydrogen (secondary N) is 1. The van der Waals surface area contributed by atoms with Gasteiger partial charge < -0.3 is 0 Å². The first-order chi connectivity index (χ1) is 10.2. The van der Waals surface area contributed by atoms with Crippen LogP contribution in [-0.4, -0.2) is 16.2 Å². The monoisotopic (exact) mass is 276 g/mol. The molecule has 3 rings (SSSR count). The summed E-state index contributed by atoms with van der Waals surface area (Å²) in [5.74, 6) is 0.745. The highest BCUT2D eigenvalue weighted by molar-refractivity contribution is 5.86. The van der Waals surface area contributed by atoms with E-state index in [0.717, 1.165) is 22.5 Å². The van der Waals surface area contributed by atoms with E-state index >= 15 is 0 Å². The molecule has 0 bridgehead atoms. The number of hydrogen-bond donors (Lipinski definition) is 1. The van der Waals surface area contributed by atoms with Gasteiger partial charge >= 0.3 is 0 Å². The van der Waals surface area contributed by atoms with E-state index in [2.05, 4.69) is 52.5 Å². The van der Waals surface area contributed by atoms with Crippen molar-refractivity contribution in [3.63, 3.8) is 0 Å². The Morgan fingerprint density at radius 1 is 1.10 bits per heavy atom. The van der Waals surface area contributed by atoms with E-state index in [0.29, 0.717) is 0 Å². The summed E-state index contributed by atoms with van der Waals surface area (Å²) in [7, 11) is 0. The summed E-state index contributed by atoms with van der Waals surface area (Å²) in [6, 6.07) is 12.0. The van der Waals surface area contributed by atoms with Crippen molar-refractivity contribution in [2.45, 2.75) is 13.8 Å². The molecular formula is C17H16N4. The molecular weight excluding hydrogens is 260 g/mol. The van der Waals surface area contributed by atoms with Gasteiger partial charge in [-0.2, -0.15) is 5.10 Å². The topological polar surface area (TPSA) is 50.2 Å². The number of fused-ring (bicyclic) bond motifs is 1. The smallest absolute Gasteiger partial charge is 0.147 e. The van der Waals surface area contributed by atoms with Crippen LogP contribution in [0, 0.1) is 13.8 Å². The Hall–Kier alpha value is -2.75. The number of para-hydroxylation sites is 1. The SMILES string of the molecule is Cc1cc(N/N=C\c2cccnc2)nc2c(C)cccc12. The molecule has 0 aliphatic carbocycles. The molecule has 21 heavy (non-hydrogen) atoms. The van der Waals surface area contributed by atoms with Crippen molar-refractivity contribution in [2.24, 2.45) is 5.10 Å². The van der Waals surface area contributed by atoms with E-state index in [4.69, 9.17) is 0 Å². The molecule has 2 heterocycles. The van der Waals surface area contributed by atoms with Gasteiger partial charge in [0.25, 0.3) is 0 Å². The van der Waals surface area contributed by atoms with Crippen molar-refractivity contribution in [3.8, 4) is 0 Å². The quantitative estimate of drug-likeness (QED) is 0.586. The van der Waals surface area contributed by atoms with Crippen LogP contribution in [-0.2, 0) is 0 Å². The lowest BCUT2D eigenvalue weighted by Crippen LogP contribution is -1.96. The maximum atomic E-state index is 4.63. The van der Waals surface area contributed by atoms with Gasteiger partial charge in [-0.3, -0.25) is 10.4 Å². The first-order valence-corrected chi connectivity index (χ1v) is 6.80. The Morgan fingerprint density at radius 3 is 2.81 bits per heavy atom. The normalized spacial score (nSPS) is 11.1. The van der Waals surface area contributed by atoms with Gasteiger partial charge in [0.1, 0.15) is 5.82 Å². The fourth-order valence-electron chi connectivity index (χ4n) is 2.24. The molecule has 1 N–H and O–H groups in total. The van der Waals surface area contributed by atoms with Crippen LogP contribution >= 0.6 is 0 Å². The largest absolute Gasteiger partial charge is 0.264 e. The Bertz CT molecular complexity index is 794. The summed E-state index contributed by atoms with van der Waals surface area (Å²) in [5.41, 5.74) is 7.28. The number of aromatic nitrogens is 2. The van der Waals surface area contributed by atoms with Crippen LogP contribution in [0.25, 0.3) is 10.9 Å². The van der Waals surface area contributed by atoms with Gasteiger partial charge in [0.2, 0.25) is 0 Å². The molecule has 0 atom stereocenters. The zero-order valence-corrected chi connectivity index (χ0v) is 12.0. The van der Waals surface area contributed by atoms with Crippen molar-refractivity contribution in [1.82, 2.24) is 9.97 Å². The first kappa shape index (κ1) is 13.2. The fourth-order valence-corrected chi connectivity index (χ4v) is 2.24. The Labute approximate surface area is 123 Å². The number of hydrazone groups is 1.